The van der Waals surface area contributed by atoms with E-state index in [-0.39, 0.29) is 5.69 Å². The topological polar surface area (TPSA) is 109 Å². The molecule has 24 heavy (non-hydrogen) atoms. The highest BCUT2D eigenvalue weighted by Gasteiger charge is 2.15. The molecule has 2 N–H and O–H groups in total. The summed E-state index contributed by atoms with van der Waals surface area (Å²) in [7, 11) is 3.19. The number of nitriles is 1. The van der Waals surface area contributed by atoms with E-state index in [0.29, 0.717) is 23.1 Å². The minimum Gasteiger partial charge on any atom is -0.496 e. The Balaban J connectivity index is 1.89. The lowest BCUT2D eigenvalue weighted by Gasteiger charge is -2.11. The first-order chi connectivity index (χ1) is 11.7. The number of anilines is 2. The zero-order valence-corrected chi connectivity index (χ0v) is 13.1. The molecule has 0 fully saturated rings. The summed E-state index contributed by atoms with van der Waals surface area (Å²) >= 11 is 0. The summed E-state index contributed by atoms with van der Waals surface area (Å²) in [6.07, 6.45) is 2.86. The molecule has 3 rings (SSSR count). The number of aromatic amines is 1. The van der Waals surface area contributed by atoms with E-state index in [2.05, 4.69) is 25.5 Å². The molecule has 3 aromatic rings. The minimum atomic E-state index is 0.252. The third-order valence-electron chi connectivity index (χ3n) is 3.30. The Morgan fingerprint density at radius 2 is 1.83 bits per heavy atom. The summed E-state index contributed by atoms with van der Waals surface area (Å²) in [6, 6.07) is 9.26. The van der Waals surface area contributed by atoms with Crippen LogP contribution in [-0.4, -0.2) is 34.4 Å². The number of rotatable bonds is 5. The summed E-state index contributed by atoms with van der Waals surface area (Å²) in [5.41, 5.74) is 1.75. The van der Waals surface area contributed by atoms with E-state index in [1.165, 1.54) is 12.4 Å². The van der Waals surface area contributed by atoms with Gasteiger partial charge < -0.3 is 14.8 Å². The molecule has 120 valence electrons. The average molecular weight is 322 g/mol. The third-order valence-corrected chi connectivity index (χ3v) is 3.30. The van der Waals surface area contributed by atoms with Crippen molar-refractivity contribution in [3.05, 3.63) is 42.4 Å². The van der Waals surface area contributed by atoms with E-state index in [1.807, 2.05) is 24.3 Å². The highest BCUT2D eigenvalue weighted by molar-refractivity contribution is 5.76. The van der Waals surface area contributed by atoms with E-state index >= 15 is 0 Å². The van der Waals surface area contributed by atoms with Crippen molar-refractivity contribution in [3.8, 4) is 28.8 Å². The largest absolute Gasteiger partial charge is 0.496 e. The lowest BCUT2D eigenvalue weighted by molar-refractivity contribution is 0.397. The molecule has 0 atom stereocenters. The Morgan fingerprint density at radius 3 is 2.42 bits per heavy atom. The van der Waals surface area contributed by atoms with Crippen molar-refractivity contribution in [1.29, 1.82) is 5.26 Å². The van der Waals surface area contributed by atoms with Crippen LogP contribution in [0.2, 0.25) is 0 Å². The second kappa shape index (κ2) is 6.66. The maximum Gasteiger partial charge on any atom is 0.158 e. The number of nitrogens with zero attached hydrogens (tertiary/aromatic N) is 4. The lowest BCUT2D eigenvalue weighted by atomic mass is 10.1. The minimum absolute atomic E-state index is 0.252. The summed E-state index contributed by atoms with van der Waals surface area (Å²) in [6.45, 7) is 0. The van der Waals surface area contributed by atoms with Crippen molar-refractivity contribution < 1.29 is 9.47 Å². The van der Waals surface area contributed by atoms with Crippen LogP contribution >= 0.6 is 0 Å². The maximum absolute atomic E-state index is 8.73. The maximum atomic E-state index is 8.73. The normalized spacial score (nSPS) is 10.0. The average Bonchev–Trinajstić information content (AvgIpc) is 3.09. The van der Waals surface area contributed by atoms with Gasteiger partial charge in [0.05, 0.1) is 37.9 Å². The first-order valence-electron chi connectivity index (χ1n) is 7.01. The summed E-state index contributed by atoms with van der Waals surface area (Å²) < 4.78 is 10.8. The van der Waals surface area contributed by atoms with Gasteiger partial charge in [0.1, 0.15) is 23.4 Å². The van der Waals surface area contributed by atoms with Gasteiger partial charge in [-0.05, 0) is 12.1 Å². The molecule has 0 spiro atoms. The van der Waals surface area contributed by atoms with Gasteiger partial charge >= 0.3 is 0 Å². The van der Waals surface area contributed by atoms with Gasteiger partial charge in [-0.1, -0.05) is 6.07 Å². The van der Waals surface area contributed by atoms with Crippen molar-refractivity contribution in [1.82, 2.24) is 20.2 Å². The number of nitrogens with one attached hydrogen (secondary N) is 2. The lowest BCUT2D eigenvalue weighted by Crippen LogP contribution is -1.95. The Labute approximate surface area is 138 Å². The molecule has 8 nitrogen and oxygen atoms in total. The Bertz CT molecular complexity index is 860. The molecule has 0 aliphatic rings. The van der Waals surface area contributed by atoms with Gasteiger partial charge in [-0.3, -0.25) is 5.10 Å². The molecule has 0 unspecified atom stereocenters. The van der Waals surface area contributed by atoms with Crippen LogP contribution in [0, 0.1) is 11.3 Å². The van der Waals surface area contributed by atoms with Crippen molar-refractivity contribution in [2.45, 2.75) is 0 Å². The molecule has 0 amide bonds. The molecular weight excluding hydrogens is 308 g/mol. The molecule has 0 saturated heterocycles. The van der Waals surface area contributed by atoms with E-state index in [0.717, 1.165) is 11.3 Å². The molecule has 1 aromatic carbocycles. The van der Waals surface area contributed by atoms with Crippen LogP contribution in [0.1, 0.15) is 5.69 Å². The van der Waals surface area contributed by atoms with Crippen molar-refractivity contribution in [2.24, 2.45) is 0 Å². The summed E-state index contributed by atoms with van der Waals surface area (Å²) in [5, 5.41) is 18.9. The van der Waals surface area contributed by atoms with E-state index in [4.69, 9.17) is 14.7 Å². The number of benzene rings is 1. The molecule has 0 bridgehead atoms. The van der Waals surface area contributed by atoms with Crippen LogP contribution in [0.5, 0.6) is 11.5 Å². The molecule has 2 heterocycles. The third kappa shape index (κ3) is 2.96. The van der Waals surface area contributed by atoms with Crippen LogP contribution in [0.15, 0.2) is 36.7 Å². The first kappa shape index (κ1) is 15.3. The smallest absolute Gasteiger partial charge is 0.158 e. The number of hydrogen-bond donors (Lipinski definition) is 2. The highest BCUT2D eigenvalue weighted by Crippen LogP contribution is 2.37. The fraction of sp³-hybridized carbons (Fsp3) is 0.125. The molecule has 0 saturated carbocycles. The quantitative estimate of drug-likeness (QED) is 0.742. The zero-order valence-electron chi connectivity index (χ0n) is 13.1. The van der Waals surface area contributed by atoms with Crippen LogP contribution in [-0.2, 0) is 0 Å². The van der Waals surface area contributed by atoms with Gasteiger partial charge in [0.2, 0.25) is 0 Å². The second-order valence-corrected chi connectivity index (χ2v) is 4.73. The number of aromatic nitrogens is 4. The summed E-state index contributed by atoms with van der Waals surface area (Å²) in [5.74, 6) is 2.38. The number of methoxy groups -OCH3 is 2. The van der Waals surface area contributed by atoms with Gasteiger partial charge in [-0.15, -0.1) is 0 Å². The van der Waals surface area contributed by atoms with Crippen molar-refractivity contribution in [3.63, 3.8) is 0 Å². The van der Waals surface area contributed by atoms with Crippen molar-refractivity contribution >= 4 is 11.6 Å². The Kier molecular flexibility index (Phi) is 4.25. The van der Waals surface area contributed by atoms with Crippen LogP contribution in [0.4, 0.5) is 11.6 Å². The zero-order chi connectivity index (χ0) is 16.9. The fourth-order valence-electron chi connectivity index (χ4n) is 2.21. The van der Waals surface area contributed by atoms with Gasteiger partial charge in [0, 0.05) is 6.07 Å². The SMILES string of the molecule is COc1cccc(OC)c1-c1cc(Nc2cnc(C#N)cn2)n[nH]1. The predicted molar refractivity (Wildman–Crippen MR) is 87.2 cm³/mol. The van der Waals surface area contributed by atoms with E-state index < -0.39 is 0 Å². The van der Waals surface area contributed by atoms with Gasteiger partial charge in [0.15, 0.2) is 11.5 Å². The van der Waals surface area contributed by atoms with Crippen molar-refractivity contribution in [2.75, 3.05) is 19.5 Å². The molecular formula is C16H14N6O2. The molecule has 0 aliphatic carbocycles. The highest BCUT2D eigenvalue weighted by atomic mass is 16.5. The number of ether oxygens (including phenoxy) is 2. The predicted octanol–water partition coefficient (Wildman–Crippen LogP) is 2.50. The molecule has 2 aromatic heterocycles. The Morgan fingerprint density at radius 1 is 1.08 bits per heavy atom. The van der Waals surface area contributed by atoms with Gasteiger partial charge in [-0.25, -0.2) is 9.97 Å². The van der Waals surface area contributed by atoms with Gasteiger partial charge in [-0.2, -0.15) is 10.4 Å². The summed E-state index contributed by atoms with van der Waals surface area (Å²) in [4.78, 5) is 8.04. The standard InChI is InChI=1S/C16H14N6O2/c1-23-12-4-3-5-13(24-2)16(12)11-6-14(22-21-11)20-15-9-18-10(7-17)8-19-15/h3-6,8-9H,1-2H3,(H2,19,20,21,22). The Hall–Kier alpha value is -3.60. The van der Waals surface area contributed by atoms with Crippen LogP contribution in [0.25, 0.3) is 11.3 Å². The second-order valence-electron chi connectivity index (χ2n) is 4.73. The number of H-pyrrole nitrogens is 1. The molecule has 0 radical (unpaired) electrons. The van der Waals surface area contributed by atoms with Crippen LogP contribution < -0.4 is 14.8 Å². The molecule has 0 aliphatic heterocycles. The van der Waals surface area contributed by atoms with E-state index in [1.54, 1.807) is 20.3 Å². The number of hydrogen-bond acceptors (Lipinski definition) is 7. The molecule has 8 heteroatoms. The van der Waals surface area contributed by atoms with E-state index in [9.17, 15) is 0 Å². The first-order valence-corrected chi connectivity index (χ1v) is 7.01. The monoisotopic (exact) mass is 322 g/mol. The fourth-order valence-corrected chi connectivity index (χ4v) is 2.21. The van der Waals surface area contributed by atoms with Crippen LogP contribution in [0.3, 0.4) is 0 Å². The van der Waals surface area contributed by atoms with Gasteiger partial charge in [0.25, 0.3) is 0 Å².